The van der Waals surface area contributed by atoms with Crippen LogP contribution in [0, 0.1) is 0 Å². The molecule has 0 radical (unpaired) electrons. The monoisotopic (exact) mass is 252 g/mol. The topological polar surface area (TPSA) is 24.1 Å². The van der Waals surface area contributed by atoms with Gasteiger partial charge in [0.1, 0.15) is 0 Å². The molecule has 3 heteroatoms. The highest BCUT2D eigenvalue weighted by atomic mass is 32.1. The molecule has 0 spiro atoms. The third-order valence-corrected chi connectivity index (χ3v) is 4.10. The third-order valence-electron chi connectivity index (χ3n) is 3.37. The zero-order valence-corrected chi connectivity index (χ0v) is 12.2. The van der Waals surface area contributed by atoms with E-state index in [0.29, 0.717) is 6.04 Å². The van der Waals surface area contributed by atoms with Gasteiger partial charge in [0, 0.05) is 23.7 Å². The summed E-state index contributed by atoms with van der Waals surface area (Å²) in [6, 6.07) is 2.82. The van der Waals surface area contributed by atoms with Crippen LogP contribution in [-0.4, -0.2) is 17.1 Å². The normalized spacial score (nSPS) is 23.8. The van der Waals surface area contributed by atoms with Gasteiger partial charge in [-0.2, -0.15) is 11.3 Å². The van der Waals surface area contributed by atoms with Crippen molar-refractivity contribution < 1.29 is 0 Å². The van der Waals surface area contributed by atoms with E-state index >= 15 is 0 Å². The molecule has 1 aromatic heterocycles. The maximum absolute atomic E-state index is 3.72. The molecule has 1 aliphatic heterocycles. The van der Waals surface area contributed by atoms with E-state index in [2.05, 4.69) is 55.2 Å². The Morgan fingerprint density at radius 3 is 2.47 bits per heavy atom. The van der Waals surface area contributed by atoms with Gasteiger partial charge in [0.2, 0.25) is 0 Å². The second kappa shape index (κ2) is 4.71. The minimum atomic E-state index is 0.230. The average Bonchev–Trinajstić information content (AvgIpc) is 2.61. The summed E-state index contributed by atoms with van der Waals surface area (Å²) in [5.41, 5.74) is 1.87. The van der Waals surface area contributed by atoms with Crippen molar-refractivity contribution >= 4 is 11.3 Å². The molecule has 0 amide bonds. The van der Waals surface area contributed by atoms with Crippen molar-refractivity contribution in [1.82, 2.24) is 10.6 Å². The lowest BCUT2D eigenvalue weighted by atomic mass is 9.79. The molecule has 0 atom stereocenters. The van der Waals surface area contributed by atoms with Gasteiger partial charge in [-0.05, 0) is 62.9 Å². The molecule has 1 aliphatic rings. The maximum Gasteiger partial charge on any atom is 0.0216 e. The summed E-state index contributed by atoms with van der Waals surface area (Å²) in [6.45, 7) is 10.2. The van der Waals surface area contributed by atoms with Crippen molar-refractivity contribution in [3.8, 4) is 0 Å². The smallest absolute Gasteiger partial charge is 0.0216 e. The molecule has 17 heavy (non-hydrogen) atoms. The lowest BCUT2D eigenvalue weighted by molar-refractivity contribution is 0.145. The second-order valence-electron chi connectivity index (χ2n) is 6.51. The van der Waals surface area contributed by atoms with Crippen molar-refractivity contribution in [3.05, 3.63) is 22.4 Å². The minimum Gasteiger partial charge on any atom is -0.310 e. The van der Waals surface area contributed by atoms with Crippen LogP contribution in [0.25, 0.3) is 0 Å². The van der Waals surface area contributed by atoms with Crippen LogP contribution in [0.15, 0.2) is 16.8 Å². The number of piperidine rings is 1. The van der Waals surface area contributed by atoms with E-state index in [9.17, 15) is 0 Å². The molecule has 2 nitrogen and oxygen atoms in total. The average molecular weight is 252 g/mol. The number of thiophene rings is 1. The largest absolute Gasteiger partial charge is 0.310 e. The van der Waals surface area contributed by atoms with E-state index < -0.39 is 0 Å². The zero-order chi connectivity index (χ0) is 12.5. The van der Waals surface area contributed by atoms with E-state index in [0.717, 1.165) is 6.54 Å². The number of hydrogen-bond acceptors (Lipinski definition) is 3. The van der Waals surface area contributed by atoms with Gasteiger partial charge in [0.25, 0.3) is 0 Å². The molecular weight excluding hydrogens is 228 g/mol. The van der Waals surface area contributed by atoms with Gasteiger partial charge >= 0.3 is 0 Å². The van der Waals surface area contributed by atoms with Gasteiger partial charge in [-0.3, -0.25) is 0 Å². The SMILES string of the molecule is CC1(C)CC(NCc2ccsc2)CC(C)(C)N1. The molecular formula is C14H24N2S. The first-order valence-corrected chi connectivity index (χ1v) is 7.34. The summed E-state index contributed by atoms with van der Waals surface area (Å²) in [4.78, 5) is 0. The molecule has 1 fully saturated rings. The van der Waals surface area contributed by atoms with Gasteiger partial charge in [-0.25, -0.2) is 0 Å². The molecule has 2 N–H and O–H groups in total. The molecule has 2 rings (SSSR count). The fraction of sp³-hybridized carbons (Fsp3) is 0.714. The Balaban J connectivity index is 1.92. The standard InChI is InChI=1S/C14H24N2S/c1-13(2)7-12(8-14(3,4)16-13)15-9-11-5-6-17-10-11/h5-6,10,12,15-16H,7-9H2,1-4H3. The van der Waals surface area contributed by atoms with Crippen LogP contribution in [0.1, 0.15) is 46.1 Å². The summed E-state index contributed by atoms with van der Waals surface area (Å²) in [5.74, 6) is 0. The molecule has 1 saturated heterocycles. The maximum atomic E-state index is 3.72. The molecule has 1 aromatic rings. The number of hydrogen-bond donors (Lipinski definition) is 2. The Hall–Kier alpha value is -0.380. The Bertz CT molecular complexity index is 338. The number of nitrogens with one attached hydrogen (secondary N) is 2. The lowest BCUT2D eigenvalue weighted by Crippen LogP contribution is -2.61. The highest BCUT2D eigenvalue weighted by Crippen LogP contribution is 2.28. The molecule has 0 saturated carbocycles. The Labute approximate surface area is 109 Å². The van der Waals surface area contributed by atoms with E-state index in [1.54, 1.807) is 11.3 Å². The van der Waals surface area contributed by atoms with Crippen LogP contribution in [0.2, 0.25) is 0 Å². The number of rotatable bonds is 3. The molecule has 0 unspecified atom stereocenters. The van der Waals surface area contributed by atoms with Gasteiger partial charge in [-0.15, -0.1) is 0 Å². The van der Waals surface area contributed by atoms with E-state index in [1.165, 1.54) is 18.4 Å². The predicted octanol–water partition coefficient (Wildman–Crippen LogP) is 3.15. The highest BCUT2D eigenvalue weighted by molar-refractivity contribution is 7.07. The Morgan fingerprint density at radius 2 is 1.94 bits per heavy atom. The zero-order valence-electron chi connectivity index (χ0n) is 11.3. The van der Waals surface area contributed by atoms with Gasteiger partial charge in [0.15, 0.2) is 0 Å². The molecule has 0 bridgehead atoms. The molecule has 0 aliphatic carbocycles. The third kappa shape index (κ3) is 3.80. The predicted molar refractivity (Wildman–Crippen MR) is 75.5 cm³/mol. The quantitative estimate of drug-likeness (QED) is 0.863. The molecule has 96 valence electrons. The summed E-state index contributed by atoms with van der Waals surface area (Å²) in [7, 11) is 0. The fourth-order valence-corrected chi connectivity index (χ4v) is 3.79. The van der Waals surface area contributed by atoms with Crippen LogP contribution >= 0.6 is 11.3 Å². The Kier molecular flexibility index (Phi) is 3.62. The molecule has 2 heterocycles. The first-order chi connectivity index (χ1) is 7.86. The summed E-state index contributed by atoms with van der Waals surface area (Å²) < 4.78 is 0. The fourth-order valence-electron chi connectivity index (χ4n) is 3.12. The van der Waals surface area contributed by atoms with Crippen LogP contribution < -0.4 is 10.6 Å². The van der Waals surface area contributed by atoms with Crippen molar-refractivity contribution in [3.63, 3.8) is 0 Å². The summed E-state index contributed by atoms with van der Waals surface area (Å²) in [6.07, 6.45) is 2.39. The van der Waals surface area contributed by atoms with Gasteiger partial charge in [-0.1, -0.05) is 0 Å². The van der Waals surface area contributed by atoms with Crippen LogP contribution in [0.3, 0.4) is 0 Å². The van der Waals surface area contributed by atoms with Gasteiger partial charge in [0.05, 0.1) is 0 Å². The van der Waals surface area contributed by atoms with Crippen molar-refractivity contribution in [2.75, 3.05) is 0 Å². The van der Waals surface area contributed by atoms with Crippen LogP contribution in [0.5, 0.6) is 0 Å². The first kappa shape index (κ1) is 13.1. The first-order valence-electron chi connectivity index (χ1n) is 6.40. The Morgan fingerprint density at radius 1 is 1.29 bits per heavy atom. The van der Waals surface area contributed by atoms with Crippen molar-refractivity contribution in [2.45, 2.75) is 64.2 Å². The van der Waals surface area contributed by atoms with Crippen molar-refractivity contribution in [2.24, 2.45) is 0 Å². The van der Waals surface area contributed by atoms with E-state index in [-0.39, 0.29) is 11.1 Å². The van der Waals surface area contributed by atoms with Crippen LogP contribution in [-0.2, 0) is 6.54 Å². The van der Waals surface area contributed by atoms with Crippen LogP contribution in [0.4, 0.5) is 0 Å². The summed E-state index contributed by atoms with van der Waals surface area (Å²) >= 11 is 1.77. The summed E-state index contributed by atoms with van der Waals surface area (Å²) in [5, 5.41) is 11.8. The van der Waals surface area contributed by atoms with Crippen molar-refractivity contribution in [1.29, 1.82) is 0 Å². The highest BCUT2D eigenvalue weighted by Gasteiger charge is 2.37. The van der Waals surface area contributed by atoms with E-state index in [4.69, 9.17) is 0 Å². The van der Waals surface area contributed by atoms with Gasteiger partial charge < -0.3 is 10.6 Å². The lowest BCUT2D eigenvalue weighted by Gasteiger charge is -2.46. The molecule has 0 aromatic carbocycles. The van der Waals surface area contributed by atoms with E-state index in [1.807, 2.05) is 0 Å². The second-order valence-corrected chi connectivity index (χ2v) is 7.29. The minimum absolute atomic E-state index is 0.230.